The van der Waals surface area contributed by atoms with Crippen molar-refractivity contribution >= 4 is 8.32 Å². The number of hydrogen-bond acceptors (Lipinski definition) is 2. The molecule has 0 aliphatic heterocycles. The highest BCUT2D eigenvalue weighted by atomic mass is 28.4. The Morgan fingerprint density at radius 1 is 1.45 bits per heavy atom. The molecule has 0 aromatic heterocycles. The van der Waals surface area contributed by atoms with E-state index in [0.717, 1.165) is 11.8 Å². The summed E-state index contributed by atoms with van der Waals surface area (Å²) in [5.74, 6) is 0.881. The second kappa shape index (κ2) is 4.44. The first-order chi connectivity index (χ1) is 5.02. The van der Waals surface area contributed by atoms with Crippen molar-refractivity contribution in [1.82, 2.24) is 0 Å². The predicted molar refractivity (Wildman–Crippen MR) is 49.8 cm³/mol. The summed E-state index contributed by atoms with van der Waals surface area (Å²) in [5, 5.41) is 0. The first-order valence-electron chi connectivity index (χ1n) is 3.90. The van der Waals surface area contributed by atoms with Crippen molar-refractivity contribution in [2.75, 3.05) is 7.11 Å². The molecule has 0 heterocycles. The maximum absolute atomic E-state index is 5.70. The Kier molecular flexibility index (Phi) is 4.26. The van der Waals surface area contributed by atoms with E-state index in [4.69, 9.17) is 9.16 Å². The fourth-order valence-electron chi connectivity index (χ4n) is 0.698. The molecule has 0 aromatic carbocycles. The highest BCUT2D eigenvalue weighted by Gasteiger charge is 2.20. The Morgan fingerprint density at radius 3 is 2.36 bits per heavy atom. The predicted octanol–water partition coefficient (Wildman–Crippen LogP) is 2.74. The fraction of sp³-hybridized carbons (Fsp3) is 0.750. The maximum atomic E-state index is 5.70. The van der Waals surface area contributed by atoms with E-state index in [1.54, 1.807) is 13.4 Å². The van der Waals surface area contributed by atoms with Gasteiger partial charge in [-0.1, -0.05) is 6.92 Å². The molecular weight excluding hydrogens is 156 g/mol. The Morgan fingerprint density at radius 2 is 2.00 bits per heavy atom. The van der Waals surface area contributed by atoms with E-state index in [-0.39, 0.29) is 0 Å². The number of rotatable bonds is 4. The van der Waals surface area contributed by atoms with Crippen LogP contribution in [0.5, 0.6) is 0 Å². The minimum atomic E-state index is -1.43. The van der Waals surface area contributed by atoms with Crippen LogP contribution in [0.4, 0.5) is 0 Å². The van der Waals surface area contributed by atoms with Gasteiger partial charge >= 0.3 is 0 Å². The van der Waals surface area contributed by atoms with Gasteiger partial charge in [0, 0.05) is 0 Å². The van der Waals surface area contributed by atoms with Crippen LogP contribution in [0.1, 0.15) is 13.8 Å². The van der Waals surface area contributed by atoms with Gasteiger partial charge in [0.2, 0.25) is 8.32 Å². The third-order valence-corrected chi connectivity index (χ3v) is 4.15. The van der Waals surface area contributed by atoms with Crippen molar-refractivity contribution in [3.63, 3.8) is 0 Å². The molecule has 0 aromatic rings. The minimum absolute atomic E-state index is 0.881. The van der Waals surface area contributed by atoms with Gasteiger partial charge in [0.25, 0.3) is 0 Å². The molecule has 0 amide bonds. The number of allylic oxidation sites excluding steroid dienone is 1. The molecule has 0 rings (SSSR count). The van der Waals surface area contributed by atoms with E-state index in [9.17, 15) is 0 Å². The minimum Gasteiger partial charge on any atom is -0.545 e. The largest absolute Gasteiger partial charge is 0.545 e. The molecule has 0 aliphatic carbocycles. The molecule has 0 aliphatic rings. The second-order valence-corrected chi connectivity index (χ2v) is 7.61. The Hall–Kier alpha value is -0.443. The molecule has 0 bridgehead atoms. The van der Waals surface area contributed by atoms with E-state index < -0.39 is 8.32 Å². The average molecular weight is 174 g/mol. The zero-order chi connectivity index (χ0) is 8.91. The van der Waals surface area contributed by atoms with Crippen molar-refractivity contribution in [3.8, 4) is 0 Å². The quantitative estimate of drug-likeness (QED) is 0.482. The molecule has 0 saturated heterocycles. The van der Waals surface area contributed by atoms with Crippen molar-refractivity contribution in [3.05, 3.63) is 12.0 Å². The Bertz CT molecular complexity index is 141. The van der Waals surface area contributed by atoms with Gasteiger partial charge in [0.1, 0.15) is 12.0 Å². The van der Waals surface area contributed by atoms with Gasteiger partial charge < -0.3 is 9.16 Å². The summed E-state index contributed by atoms with van der Waals surface area (Å²) >= 11 is 0. The summed E-state index contributed by atoms with van der Waals surface area (Å²) in [4.78, 5) is 0. The third-order valence-electron chi connectivity index (χ3n) is 1.57. The van der Waals surface area contributed by atoms with E-state index in [1.165, 1.54) is 0 Å². The van der Waals surface area contributed by atoms with Gasteiger partial charge in [-0.2, -0.15) is 0 Å². The maximum Gasteiger partial charge on any atom is 0.244 e. The lowest BCUT2D eigenvalue weighted by molar-refractivity contribution is 0.302. The summed E-state index contributed by atoms with van der Waals surface area (Å²) in [6.45, 7) is 8.47. The van der Waals surface area contributed by atoms with Crippen LogP contribution < -0.4 is 0 Å². The molecule has 0 saturated carbocycles. The van der Waals surface area contributed by atoms with Crippen LogP contribution >= 0.6 is 0 Å². The van der Waals surface area contributed by atoms with Crippen molar-refractivity contribution < 1.29 is 9.16 Å². The summed E-state index contributed by atoms with van der Waals surface area (Å²) in [6.07, 6.45) is 1.64. The summed E-state index contributed by atoms with van der Waals surface area (Å²) in [5.41, 5.74) is 0. The molecule has 11 heavy (non-hydrogen) atoms. The third kappa shape index (κ3) is 4.90. The van der Waals surface area contributed by atoms with Crippen molar-refractivity contribution in [2.45, 2.75) is 33.0 Å². The van der Waals surface area contributed by atoms with Crippen LogP contribution in [0.25, 0.3) is 0 Å². The molecular formula is C8H18O2Si. The lowest BCUT2D eigenvalue weighted by atomic mass is 10.7. The molecule has 0 unspecified atom stereocenters. The van der Waals surface area contributed by atoms with Gasteiger partial charge in [-0.25, -0.2) is 0 Å². The van der Waals surface area contributed by atoms with Gasteiger partial charge in [-0.05, 0) is 26.1 Å². The van der Waals surface area contributed by atoms with Crippen LogP contribution in [0.3, 0.4) is 0 Å². The van der Waals surface area contributed by atoms with E-state index in [1.807, 2.05) is 6.92 Å². The number of ether oxygens (including phenoxy) is 1. The standard InChI is InChI=1S/C8H18O2Si/c1-6-11(4,5)10-8(2)7-9-3/h7H,6H2,1-5H3/b8-7+. The SMILES string of the molecule is CC[Si](C)(C)O/C(C)=C/OC. The molecule has 0 N–H and O–H groups in total. The number of hydrogen-bond donors (Lipinski definition) is 0. The average Bonchev–Trinajstić information content (AvgIpc) is 1.87. The van der Waals surface area contributed by atoms with Crippen LogP contribution in [0.2, 0.25) is 19.1 Å². The molecule has 0 spiro atoms. The van der Waals surface area contributed by atoms with Crippen molar-refractivity contribution in [1.29, 1.82) is 0 Å². The fourth-order valence-corrected chi connectivity index (χ4v) is 1.76. The van der Waals surface area contributed by atoms with Crippen LogP contribution in [-0.4, -0.2) is 15.4 Å². The second-order valence-electron chi connectivity index (χ2n) is 3.18. The van der Waals surface area contributed by atoms with E-state index in [2.05, 4.69) is 20.0 Å². The highest BCUT2D eigenvalue weighted by molar-refractivity contribution is 6.71. The van der Waals surface area contributed by atoms with E-state index >= 15 is 0 Å². The zero-order valence-electron chi connectivity index (χ0n) is 8.10. The topological polar surface area (TPSA) is 18.5 Å². The number of methoxy groups -OCH3 is 1. The molecule has 0 radical (unpaired) electrons. The van der Waals surface area contributed by atoms with Crippen LogP contribution in [0.15, 0.2) is 12.0 Å². The van der Waals surface area contributed by atoms with E-state index in [0.29, 0.717) is 0 Å². The normalized spacial score (nSPS) is 13.0. The summed E-state index contributed by atoms with van der Waals surface area (Å²) < 4.78 is 10.5. The van der Waals surface area contributed by atoms with Gasteiger partial charge in [0.05, 0.1) is 7.11 Å². The lowest BCUT2D eigenvalue weighted by Gasteiger charge is -2.22. The lowest BCUT2D eigenvalue weighted by Crippen LogP contribution is -2.27. The van der Waals surface area contributed by atoms with Gasteiger partial charge in [0.15, 0.2) is 0 Å². The van der Waals surface area contributed by atoms with Gasteiger partial charge in [-0.3, -0.25) is 0 Å². The van der Waals surface area contributed by atoms with Crippen LogP contribution in [-0.2, 0) is 9.16 Å². The first kappa shape index (κ1) is 10.6. The summed E-state index contributed by atoms with van der Waals surface area (Å²) in [6, 6.07) is 1.13. The smallest absolute Gasteiger partial charge is 0.244 e. The monoisotopic (exact) mass is 174 g/mol. The first-order valence-corrected chi connectivity index (χ1v) is 7.02. The van der Waals surface area contributed by atoms with Crippen molar-refractivity contribution in [2.24, 2.45) is 0 Å². The molecule has 3 heteroatoms. The Labute approximate surface area is 70.3 Å². The molecule has 0 atom stereocenters. The zero-order valence-corrected chi connectivity index (χ0v) is 9.10. The molecule has 2 nitrogen and oxygen atoms in total. The Balaban J connectivity index is 3.92. The molecule has 66 valence electrons. The summed E-state index contributed by atoms with van der Waals surface area (Å²) in [7, 11) is 0.206. The van der Waals surface area contributed by atoms with Crippen LogP contribution in [0, 0.1) is 0 Å². The highest BCUT2D eigenvalue weighted by Crippen LogP contribution is 2.14. The van der Waals surface area contributed by atoms with Gasteiger partial charge in [-0.15, -0.1) is 0 Å². The molecule has 0 fully saturated rings.